The van der Waals surface area contributed by atoms with E-state index in [4.69, 9.17) is 16.6 Å². The smallest absolute Gasteiger partial charge is 0.323 e. The normalized spacial score (nSPS) is 15.2. The zero-order valence-corrected chi connectivity index (χ0v) is 8.84. The van der Waals surface area contributed by atoms with Crippen molar-refractivity contribution in [2.75, 3.05) is 6.54 Å². The molecule has 9 nitrogen and oxygen atoms in total. The molecule has 0 saturated heterocycles. The molecular weight excluding hydrogens is 218 g/mol. The van der Waals surface area contributed by atoms with E-state index in [1.807, 2.05) is 0 Å². The maximum Gasteiger partial charge on any atom is 0.323 e. The van der Waals surface area contributed by atoms with Crippen LogP contribution >= 0.6 is 0 Å². The van der Waals surface area contributed by atoms with Crippen LogP contribution < -0.4 is 16.9 Å². The highest BCUT2D eigenvalue weighted by molar-refractivity contribution is 5.78. The van der Waals surface area contributed by atoms with Gasteiger partial charge >= 0.3 is 5.97 Å². The van der Waals surface area contributed by atoms with Crippen LogP contribution in [0.3, 0.4) is 0 Å². The van der Waals surface area contributed by atoms with Gasteiger partial charge in [-0.05, 0) is 19.8 Å². The highest BCUT2D eigenvalue weighted by Crippen LogP contribution is 2.08. The molecule has 0 heterocycles. The molecule has 0 aliphatic heterocycles. The topological polar surface area (TPSA) is 157 Å². The number of carboxylic acid groups (broad SMARTS) is 1. The Kier molecular flexibility index (Phi) is 5.16. The molecule has 1 atom stereocenters. The van der Waals surface area contributed by atoms with E-state index in [1.165, 1.54) is 6.92 Å². The van der Waals surface area contributed by atoms with Crippen LogP contribution in [0.25, 0.3) is 0 Å². The average Bonchev–Trinajstić information content (AvgIpc) is 2.11. The van der Waals surface area contributed by atoms with E-state index >= 15 is 0 Å². The number of nitrogens with two attached hydrogens (primary N) is 2. The van der Waals surface area contributed by atoms with Crippen molar-refractivity contribution >= 4 is 11.9 Å². The summed E-state index contributed by atoms with van der Waals surface area (Å²) in [4.78, 5) is 24.2. The molecule has 0 aliphatic rings. The lowest BCUT2D eigenvalue weighted by atomic mass is 9.98. The molecule has 92 valence electrons. The maximum atomic E-state index is 10.6. The molecule has 0 spiro atoms. The SMILES string of the molecule is CC(N)(CCCN=C(N)N[N+](=O)[O-])C(=O)O. The molecule has 9 heteroatoms. The van der Waals surface area contributed by atoms with Gasteiger partial charge in [-0.3, -0.25) is 4.79 Å². The van der Waals surface area contributed by atoms with Crippen LogP contribution in [0.15, 0.2) is 4.99 Å². The summed E-state index contributed by atoms with van der Waals surface area (Å²) in [6, 6.07) is 0. The molecule has 0 aliphatic carbocycles. The van der Waals surface area contributed by atoms with E-state index in [0.717, 1.165) is 0 Å². The standard InChI is InChI=1S/C7H15N5O4/c1-7(9,5(13)14)3-2-4-10-6(8)11-12(15)16/h2-4,9H2,1H3,(H,13,14)(H3,8,10,11). The Bertz CT molecular complexity index is 301. The molecule has 0 rings (SSSR count). The molecule has 0 bridgehead atoms. The van der Waals surface area contributed by atoms with Gasteiger partial charge in [0.2, 0.25) is 0 Å². The Hall–Kier alpha value is -1.90. The molecular formula is C7H15N5O4. The van der Waals surface area contributed by atoms with Crippen LogP contribution in [-0.2, 0) is 4.79 Å². The summed E-state index contributed by atoms with van der Waals surface area (Å²) in [5.41, 5.74) is 10.9. The Balaban J connectivity index is 3.92. The summed E-state index contributed by atoms with van der Waals surface area (Å²) in [5.74, 6) is -1.42. The zero-order valence-electron chi connectivity index (χ0n) is 8.84. The molecule has 6 N–H and O–H groups in total. The number of hydrazine groups is 1. The van der Waals surface area contributed by atoms with E-state index in [2.05, 4.69) is 4.99 Å². The van der Waals surface area contributed by atoms with Crippen LogP contribution in [0, 0.1) is 10.1 Å². The van der Waals surface area contributed by atoms with Gasteiger partial charge in [0.1, 0.15) is 5.54 Å². The van der Waals surface area contributed by atoms with Gasteiger partial charge in [-0.25, -0.2) is 15.1 Å². The van der Waals surface area contributed by atoms with Crippen LogP contribution in [0.5, 0.6) is 0 Å². The van der Waals surface area contributed by atoms with Crippen molar-refractivity contribution in [1.82, 2.24) is 5.43 Å². The third-order valence-corrected chi connectivity index (χ3v) is 1.83. The van der Waals surface area contributed by atoms with E-state index in [9.17, 15) is 14.9 Å². The number of nitro groups is 1. The van der Waals surface area contributed by atoms with Gasteiger partial charge in [-0.1, -0.05) is 5.43 Å². The highest BCUT2D eigenvalue weighted by Gasteiger charge is 2.26. The fourth-order valence-electron chi connectivity index (χ4n) is 0.882. The van der Waals surface area contributed by atoms with Gasteiger partial charge in [0.05, 0.1) is 0 Å². The summed E-state index contributed by atoms with van der Waals surface area (Å²) in [6.45, 7) is 1.56. The summed E-state index contributed by atoms with van der Waals surface area (Å²) in [6.07, 6.45) is 0.580. The van der Waals surface area contributed by atoms with E-state index in [-0.39, 0.29) is 18.9 Å². The molecule has 0 saturated carbocycles. The molecule has 0 amide bonds. The van der Waals surface area contributed by atoms with Crippen molar-refractivity contribution in [1.29, 1.82) is 0 Å². The number of aliphatic imine (C=N–C) groups is 1. The van der Waals surface area contributed by atoms with Crippen LogP contribution in [-0.4, -0.2) is 34.2 Å². The highest BCUT2D eigenvalue weighted by atomic mass is 16.7. The number of carbonyl (C=O) groups is 1. The van der Waals surface area contributed by atoms with Crippen molar-refractivity contribution in [2.45, 2.75) is 25.3 Å². The van der Waals surface area contributed by atoms with E-state index < -0.39 is 16.5 Å². The summed E-state index contributed by atoms with van der Waals surface area (Å²) in [5, 5.41) is 17.8. The average molecular weight is 233 g/mol. The van der Waals surface area contributed by atoms with Crippen LogP contribution in [0.4, 0.5) is 0 Å². The Morgan fingerprint density at radius 3 is 2.69 bits per heavy atom. The fraction of sp³-hybridized carbons (Fsp3) is 0.714. The maximum absolute atomic E-state index is 10.6. The summed E-state index contributed by atoms with van der Waals surface area (Å²) >= 11 is 0. The third kappa shape index (κ3) is 5.75. The molecule has 16 heavy (non-hydrogen) atoms. The van der Waals surface area contributed by atoms with E-state index in [0.29, 0.717) is 6.42 Å². The summed E-state index contributed by atoms with van der Waals surface area (Å²) < 4.78 is 0. The van der Waals surface area contributed by atoms with Gasteiger partial charge in [0.15, 0.2) is 5.03 Å². The lowest BCUT2D eigenvalue weighted by Crippen LogP contribution is -2.44. The molecule has 0 radical (unpaired) electrons. The van der Waals surface area contributed by atoms with Crippen molar-refractivity contribution < 1.29 is 14.9 Å². The second-order valence-electron chi connectivity index (χ2n) is 3.46. The fourth-order valence-corrected chi connectivity index (χ4v) is 0.882. The van der Waals surface area contributed by atoms with Gasteiger partial charge in [-0.2, -0.15) is 0 Å². The molecule has 0 fully saturated rings. The predicted octanol–water partition coefficient (Wildman–Crippen LogP) is -1.34. The quantitative estimate of drug-likeness (QED) is 0.145. The first-order valence-corrected chi connectivity index (χ1v) is 4.49. The lowest BCUT2D eigenvalue weighted by Gasteiger charge is -2.17. The van der Waals surface area contributed by atoms with Gasteiger partial charge < -0.3 is 16.6 Å². The third-order valence-electron chi connectivity index (χ3n) is 1.83. The van der Waals surface area contributed by atoms with Crippen molar-refractivity contribution in [3.8, 4) is 0 Å². The number of hydrogen-bond donors (Lipinski definition) is 4. The number of guanidine groups is 1. The van der Waals surface area contributed by atoms with Gasteiger partial charge in [0, 0.05) is 6.54 Å². The first kappa shape index (κ1) is 14.1. The lowest BCUT2D eigenvalue weighted by molar-refractivity contribution is -0.525. The molecule has 0 aromatic rings. The first-order chi connectivity index (χ1) is 7.25. The second-order valence-corrected chi connectivity index (χ2v) is 3.46. The Labute approximate surface area is 91.6 Å². The number of nitrogens with zero attached hydrogens (tertiary/aromatic N) is 2. The minimum absolute atomic E-state index is 0.173. The Morgan fingerprint density at radius 2 is 2.25 bits per heavy atom. The van der Waals surface area contributed by atoms with E-state index in [1.54, 1.807) is 5.43 Å². The van der Waals surface area contributed by atoms with Crippen molar-refractivity contribution in [2.24, 2.45) is 16.5 Å². The zero-order chi connectivity index (χ0) is 12.8. The Morgan fingerprint density at radius 1 is 1.69 bits per heavy atom. The molecule has 0 aromatic carbocycles. The van der Waals surface area contributed by atoms with Crippen molar-refractivity contribution in [3.63, 3.8) is 0 Å². The summed E-state index contributed by atoms with van der Waals surface area (Å²) in [7, 11) is 0. The molecule has 1 unspecified atom stereocenters. The van der Waals surface area contributed by atoms with Crippen molar-refractivity contribution in [3.05, 3.63) is 10.1 Å². The number of hydrogen-bond acceptors (Lipinski definition) is 5. The largest absolute Gasteiger partial charge is 0.480 e. The number of carboxylic acids is 1. The second kappa shape index (κ2) is 5.85. The predicted molar refractivity (Wildman–Crippen MR) is 56.1 cm³/mol. The monoisotopic (exact) mass is 233 g/mol. The molecule has 0 aromatic heterocycles. The minimum atomic E-state index is -1.32. The first-order valence-electron chi connectivity index (χ1n) is 4.49. The number of aliphatic carboxylic acids is 1. The minimum Gasteiger partial charge on any atom is -0.480 e. The van der Waals surface area contributed by atoms with Gasteiger partial charge in [-0.15, -0.1) is 0 Å². The number of nitrogens with one attached hydrogen (secondary N) is 1. The van der Waals surface area contributed by atoms with Crippen LogP contribution in [0.1, 0.15) is 19.8 Å². The van der Waals surface area contributed by atoms with Crippen LogP contribution in [0.2, 0.25) is 0 Å². The number of rotatable bonds is 6. The van der Waals surface area contributed by atoms with Gasteiger partial charge in [0.25, 0.3) is 5.96 Å².